The lowest BCUT2D eigenvalue weighted by Gasteiger charge is -2.18. The number of aromatic nitrogens is 1. The van der Waals surface area contributed by atoms with Gasteiger partial charge in [0, 0.05) is 6.20 Å². The number of hydrazine groups is 1. The molecule has 0 fully saturated rings. The summed E-state index contributed by atoms with van der Waals surface area (Å²) in [6.07, 6.45) is 1.64. The van der Waals surface area contributed by atoms with E-state index in [0.29, 0.717) is 15.7 Å². The fraction of sp³-hybridized carbons (Fsp3) is 0.267. The summed E-state index contributed by atoms with van der Waals surface area (Å²) < 4.78 is 5.69. The second kappa shape index (κ2) is 7.09. The Hall–Kier alpha value is -1.33. The molecule has 4 nitrogen and oxygen atoms in total. The van der Waals surface area contributed by atoms with Crippen LogP contribution in [0.2, 0.25) is 10.0 Å². The van der Waals surface area contributed by atoms with Gasteiger partial charge in [0.15, 0.2) is 0 Å². The van der Waals surface area contributed by atoms with Crippen LogP contribution in [-0.4, -0.2) is 11.1 Å². The van der Waals surface area contributed by atoms with Gasteiger partial charge in [0.2, 0.25) is 0 Å². The molecule has 0 radical (unpaired) electrons. The Labute approximate surface area is 134 Å². The average Bonchev–Trinajstić information content (AvgIpc) is 2.41. The van der Waals surface area contributed by atoms with E-state index < -0.39 is 0 Å². The molecule has 2 rings (SSSR count). The molecule has 1 heterocycles. The highest BCUT2D eigenvalue weighted by Gasteiger charge is 2.18. The number of halogens is 2. The second-order valence-corrected chi connectivity index (χ2v) is 5.70. The minimum atomic E-state index is -0.342. The number of nitrogens with one attached hydrogen (secondary N) is 1. The van der Waals surface area contributed by atoms with E-state index in [1.807, 2.05) is 38.1 Å². The molecule has 1 unspecified atom stereocenters. The highest BCUT2D eigenvalue weighted by Crippen LogP contribution is 2.29. The molecule has 1 aromatic heterocycles. The number of nitrogens with zero attached hydrogens (tertiary/aromatic N) is 1. The number of rotatable bonds is 5. The molecular formula is C15H17Cl2N3O. The van der Waals surface area contributed by atoms with Gasteiger partial charge in [-0.1, -0.05) is 35.3 Å². The molecule has 2 aromatic rings. The van der Waals surface area contributed by atoms with Crippen LogP contribution in [0.3, 0.4) is 0 Å². The van der Waals surface area contributed by atoms with Crippen LogP contribution in [0.5, 0.6) is 5.75 Å². The molecule has 0 saturated heterocycles. The summed E-state index contributed by atoms with van der Waals surface area (Å²) in [6, 6.07) is 8.95. The predicted molar refractivity (Wildman–Crippen MR) is 85.6 cm³/mol. The van der Waals surface area contributed by atoms with Gasteiger partial charge in [0.25, 0.3) is 0 Å². The number of ether oxygens (including phenoxy) is 1. The van der Waals surface area contributed by atoms with Crippen LogP contribution in [0.1, 0.15) is 31.1 Å². The van der Waals surface area contributed by atoms with Crippen LogP contribution < -0.4 is 16.0 Å². The first-order valence-corrected chi connectivity index (χ1v) is 7.30. The smallest absolute Gasteiger partial charge is 0.120 e. The van der Waals surface area contributed by atoms with E-state index in [4.69, 9.17) is 33.8 Å². The Morgan fingerprint density at radius 1 is 1.24 bits per heavy atom. The van der Waals surface area contributed by atoms with E-state index in [9.17, 15) is 0 Å². The molecule has 1 aromatic carbocycles. The average molecular weight is 326 g/mol. The van der Waals surface area contributed by atoms with Gasteiger partial charge < -0.3 is 4.74 Å². The van der Waals surface area contributed by atoms with Crippen molar-refractivity contribution >= 4 is 23.2 Å². The van der Waals surface area contributed by atoms with E-state index in [-0.39, 0.29) is 12.1 Å². The lowest BCUT2D eigenvalue weighted by Crippen LogP contribution is -2.29. The zero-order chi connectivity index (χ0) is 15.4. The summed E-state index contributed by atoms with van der Waals surface area (Å²) in [5.41, 5.74) is 4.26. The highest BCUT2D eigenvalue weighted by molar-refractivity contribution is 6.34. The topological polar surface area (TPSA) is 60.2 Å². The molecule has 1 atom stereocenters. The first-order valence-electron chi connectivity index (χ1n) is 6.55. The Balaban J connectivity index is 2.37. The van der Waals surface area contributed by atoms with Gasteiger partial charge in [-0.05, 0) is 37.6 Å². The molecule has 0 saturated carbocycles. The van der Waals surface area contributed by atoms with Crippen molar-refractivity contribution in [2.75, 3.05) is 0 Å². The first-order chi connectivity index (χ1) is 10.0. The van der Waals surface area contributed by atoms with Gasteiger partial charge in [0.05, 0.1) is 27.9 Å². The third-order valence-electron chi connectivity index (χ3n) is 2.84. The van der Waals surface area contributed by atoms with Crippen LogP contribution in [0.25, 0.3) is 0 Å². The molecule has 112 valence electrons. The van der Waals surface area contributed by atoms with Crippen molar-refractivity contribution in [2.45, 2.75) is 26.0 Å². The monoisotopic (exact) mass is 325 g/mol. The van der Waals surface area contributed by atoms with E-state index in [0.717, 1.165) is 11.3 Å². The van der Waals surface area contributed by atoms with Crippen molar-refractivity contribution in [3.8, 4) is 5.75 Å². The maximum absolute atomic E-state index is 6.20. The largest absolute Gasteiger partial charge is 0.491 e. The van der Waals surface area contributed by atoms with Crippen LogP contribution in [0.4, 0.5) is 0 Å². The van der Waals surface area contributed by atoms with Crippen molar-refractivity contribution in [3.63, 3.8) is 0 Å². The molecule has 0 amide bonds. The molecule has 21 heavy (non-hydrogen) atoms. The molecular weight excluding hydrogens is 309 g/mol. The maximum atomic E-state index is 6.20. The highest BCUT2D eigenvalue weighted by atomic mass is 35.5. The summed E-state index contributed by atoms with van der Waals surface area (Å²) in [5.74, 6) is 6.44. The van der Waals surface area contributed by atoms with E-state index in [1.165, 1.54) is 0 Å². The fourth-order valence-corrected chi connectivity index (χ4v) is 2.50. The zero-order valence-electron chi connectivity index (χ0n) is 11.8. The van der Waals surface area contributed by atoms with Crippen molar-refractivity contribution < 1.29 is 4.74 Å². The third kappa shape index (κ3) is 4.08. The van der Waals surface area contributed by atoms with Crippen LogP contribution in [0.15, 0.2) is 36.5 Å². The van der Waals surface area contributed by atoms with Crippen LogP contribution >= 0.6 is 23.2 Å². The molecule has 0 spiro atoms. The van der Waals surface area contributed by atoms with Crippen LogP contribution in [-0.2, 0) is 0 Å². The van der Waals surface area contributed by atoms with Crippen molar-refractivity contribution in [2.24, 2.45) is 5.84 Å². The Morgan fingerprint density at radius 2 is 2.00 bits per heavy atom. The van der Waals surface area contributed by atoms with E-state index in [2.05, 4.69) is 10.4 Å². The first kappa shape index (κ1) is 16.0. The van der Waals surface area contributed by atoms with Gasteiger partial charge in [-0.2, -0.15) is 0 Å². The minimum absolute atomic E-state index is 0.0989. The van der Waals surface area contributed by atoms with Gasteiger partial charge in [-0.25, -0.2) is 5.43 Å². The maximum Gasteiger partial charge on any atom is 0.120 e. The van der Waals surface area contributed by atoms with Crippen molar-refractivity contribution in [3.05, 3.63) is 57.8 Å². The zero-order valence-corrected chi connectivity index (χ0v) is 13.3. The van der Waals surface area contributed by atoms with Crippen molar-refractivity contribution in [1.82, 2.24) is 10.4 Å². The van der Waals surface area contributed by atoms with Gasteiger partial charge in [0.1, 0.15) is 5.75 Å². The predicted octanol–water partition coefficient (Wildman–Crippen LogP) is 3.73. The Morgan fingerprint density at radius 3 is 2.62 bits per heavy atom. The van der Waals surface area contributed by atoms with Gasteiger partial charge in [-0.3, -0.25) is 10.8 Å². The number of hydrogen-bond acceptors (Lipinski definition) is 4. The van der Waals surface area contributed by atoms with Gasteiger partial charge in [-0.15, -0.1) is 0 Å². The Bertz CT molecular complexity index is 620. The molecule has 0 bridgehead atoms. The minimum Gasteiger partial charge on any atom is -0.491 e. The summed E-state index contributed by atoms with van der Waals surface area (Å²) in [6.45, 7) is 3.95. The standard InChI is InChI=1S/C15H17Cl2N3O/c1-9(2)21-12-5-3-4-10(6-12)14(20-18)15-13(17)7-11(16)8-19-15/h3-9,14,20H,18H2,1-2H3. The molecule has 0 aliphatic rings. The lowest BCUT2D eigenvalue weighted by atomic mass is 10.0. The fourth-order valence-electron chi connectivity index (χ4n) is 2.01. The van der Waals surface area contributed by atoms with Gasteiger partial charge >= 0.3 is 0 Å². The number of nitrogens with two attached hydrogens (primary N) is 1. The van der Waals surface area contributed by atoms with Crippen LogP contribution in [0, 0.1) is 0 Å². The number of hydrogen-bond donors (Lipinski definition) is 2. The number of benzene rings is 1. The normalized spacial score (nSPS) is 12.5. The summed E-state index contributed by atoms with van der Waals surface area (Å²) in [5, 5.41) is 0.942. The lowest BCUT2D eigenvalue weighted by molar-refractivity contribution is 0.242. The number of pyridine rings is 1. The molecule has 0 aliphatic carbocycles. The summed E-state index contributed by atoms with van der Waals surface area (Å²) in [7, 11) is 0. The molecule has 3 N–H and O–H groups in total. The molecule has 0 aliphatic heterocycles. The van der Waals surface area contributed by atoms with E-state index >= 15 is 0 Å². The second-order valence-electron chi connectivity index (χ2n) is 4.86. The summed E-state index contributed by atoms with van der Waals surface area (Å²) in [4.78, 5) is 4.27. The SMILES string of the molecule is CC(C)Oc1cccc(C(NN)c2ncc(Cl)cc2Cl)c1. The quantitative estimate of drug-likeness (QED) is 0.649. The Kier molecular flexibility index (Phi) is 5.42. The summed E-state index contributed by atoms with van der Waals surface area (Å²) >= 11 is 12.1. The third-order valence-corrected chi connectivity index (χ3v) is 3.35. The van der Waals surface area contributed by atoms with Crippen molar-refractivity contribution in [1.29, 1.82) is 0 Å². The van der Waals surface area contributed by atoms with E-state index in [1.54, 1.807) is 12.3 Å². The molecule has 6 heteroatoms.